The SMILES string of the molecule is CC(C)Nc1nc2cc(C3=NNC(=O)CC3C)ccc2o1. The second kappa shape index (κ2) is 5.20. The molecule has 1 aliphatic heterocycles. The molecule has 0 bridgehead atoms. The van der Waals surface area contributed by atoms with Crippen molar-refractivity contribution in [1.82, 2.24) is 10.4 Å². The van der Waals surface area contributed by atoms with Crippen molar-refractivity contribution in [3.63, 3.8) is 0 Å². The molecule has 1 aliphatic rings. The van der Waals surface area contributed by atoms with E-state index in [9.17, 15) is 4.79 Å². The average Bonchev–Trinajstić information content (AvgIpc) is 2.78. The van der Waals surface area contributed by atoms with E-state index in [2.05, 4.69) is 20.8 Å². The standard InChI is InChI=1S/C15H18N4O2/c1-8(2)16-15-17-11-7-10(4-5-12(11)21-15)14-9(3)6-13(20)18-19-14/h4-5,7-9H,6H2,1-3H3,(H,16,17)(H,18,20). The molecule has 2 aromatic rings. The molecule has 0 radical (unpaired) electrons. The Morgan fingerprint density at radius 2 is 2.24 bits per heavy atom. The summed E-state index contributed by atoms with van der Waals surface area (Å²) in [6, 6.07) is 6.55. The van der Waals surface area contributed by atoms with Crippen LogP contribution in [0.5, 0.6) is 0 Å². The van der Waals surface area contributed by atoms with E-state index in [0.29, 0.717) is 12.4 Å². The van der Waals surface area contributed by atoms with Crippen molar-refractivity contribution in [2.45, 2.75) is 33.2 Å². The van der Waals surface area contributed by atoms with Crippen molar-refractivity contribution >= 4 is 28.7 Å². The molecule has 1 aromatic heterocycles. The molecule has 1 aromatic carbocycles. The molecule has 1 unspecified atom stereocenters. The van der Waals surface area contributed by atoms with Crippen LogP contribution in [-0.2, 0) is 4.79 Å². The smallest absolute Gasteiger partial charge is 0.295 e. The zero-order valence-corrected chi connectivity index (χ0v) is 12.3. The number of nitrogens with zero attached hydrogens (tertiary/aromatic N) is 2. The third-order valence-corrected chi connectivity index (χ3v) is 3.35. The summed E-state index contributed by atoms with van der Waals surface area (Å²) in [4.78, 5) is 15.7. The number of carbonyl (C=O) groups is 1. The molecule has 0 spiro atoms. The zero-order chi connectivity index (χ0) is 15.0. The van der Waals surface area contributed by atoms with Gasteiger partial charge in [0.2, 0.25) is 5.91 Å². The molecule has 1 atom stereocenters. The lowest BCUT2D eigenvalue weighted by atomic mass is 9.94. The maximum atomic E-state index is 11.3. The molecular formula is C15H18N4O2. The Hall–Kier alpha value is -2.37. The van der Waals surface area contributed by atoms with Crippen molar-refractivity contribution in [2.75, 3.05) is 5.32 Å². The van der Waals surface area contributed by atoms with E-state index in [1.54, 1.807) is 0 Å². The number of benzene rings is 1. The van der Waals surface area contributed by atoms with E-state index in [0.717, 1.165) is 22.4 Å². The summed E-state index contributed by atoms with van der Waals surface area (Å²) in [5.74, 6) is 0.0496. The van der Waals surface area contributed by atoms with E-state index < -0.39 is 0 Å². The van der Waals surface area contributed by atoms with Crippen LogP contribution in [0.4, 0.5) is 6.01 Å². The maximum absolute atomic E-state index is 11.3. The summed E-state index contributed by atoms with van der Waals surface area (Å²) in [7, 11) is 0. The number of fused-ring (bicyclic) bond motifs is 1. The molecule has 6 heteroatoms. The number of hydrogen-bond donors (Lipinski definition) is 2. The lowest BCUT2D eigenvalue weighted by Crippen LogP contribution is -2.31. The van der Waals surface area contributed by atoms with Gasteiger partial charge in [-0.05, 0) is 32.0 Å². The van der Waals surface area contributed by atoms with Gasteiger partial charge >= 0.3 is 0 Å². The van der Waals surface area contributed by atoms with E-state index in [-0.39, 0.29) is 17.9 Å². The second-order valence-electron chi connectivity index (χ2n) is 5.64. The number of hydrazone groups is 1. The first kappa shape index (κ1) is 13.6. The predicted octanol–water partition coefficient (Wildman–Crippen LogP) is 2.51. The highest BCUT2D eigenvalue weighted by Crippen LogP contribution is 2.23. The lowest BCUT2D eigenvalue weighted by molar-refractivity contribution is -0.121. The number of hydrogen-bond acceptors (Lipinski definition) is 5. The van der Waals surface area contributed by atoms with Crippen LogP contribution in [-0.4, -0.2) is 22.6 Å². The van der Waals surface area contributed by atoms with E-state index in [4.69, 9.17) is 4.42 Å². The summed E-state index contributed by atoms with van der Waals surface area (Å²) in [5, 5.41) is 7.31. The highest BCUT2D eigenvalue weighted by Gasteiger charge is 2.22. The van der Waals surface area contributed by atoms with Gasteiger partial charge in [0.15, 0.2) is 5.58 Å². The molecule has 110 valence electrons. The fraction of sp³-hybridized carbons (Fsp3) is 0.400. The van der Waals surface area contributed by atoms with Gasteiger partial charge in [-0.1, -0.05) is 6.92 Å². The van der Waals surface area contributed by atoms with Crippen LogP contribution in [0.15, 0.2) is 27.7 Å². The Bertz CT molecular complexity index is 718. The van der Waals surface area contributed by atoms with Crippen LogP contribution in [0.3, 0.4) is 0 Å². The molecular weight excluding hydrogens is 268 g/mol. The van der Waals surface area contributed by atoms with E-state index >= 15 is 0 Å². The van der Waals surface area contributed by atoms with Gasteiger partial charge in [0.25, 0.3) is 6.01 Å². The lowest BCUT2D eigenvalue weighted by Gasteiger charge is -2.18. The quantitative estimate of drug-likeness (QED) is 0.908. The Morgan fingerprint density at radius 1 is 1.43 bits per heavy atom. The molecule has 0 saturated heterocycles. The van der Waals surface area contributed by atoms with Gasteiger partial charge in [-0.3, -0.25) is 4.79 Å². The van der Waals surface area contributed by atoms with Crippen molar-refractivity contribution in [3.8, 4) is 0 Å². The summed E-state index contributed by atoms with van der Waals surface area (Å²) in [5.41, 5.74) is 5.88. The molecule has 6 nitrogen and oxygen atoms in total. The molecule has 0 aliphatic carbocycles. The van der Waals surface area contributed by atoms with Crippen molar-refractivity contribution in [3.05, 3.63) is 23.8 Å². The van der Waals surface area contributed by atoms with Gasteiger partial charge in [-0.2, -0.15) is 10.1 Å². The fourth-order valence-corrected chi connectivity index (χ4v) is 2.40. The summed E-state index contributed by atoms with van der Waals surface area (Å²) >= 11 is 0. The van der Waals surface area contributed by atoms with Gasteiger partial charge in [0.05, 0.1) is 5.71 Å². The number of anilines is 1. The third-order valence-electron chi connectivity index (χ3n) is 3.35. The maximum Gasteiger partial charge on any atom is 0.295 e. The van der Waals surface area contributed by atoms with E-state index in [1.165, 1.54) is 0 Å². The van der Waals surface area contributed by atoms with Crippen LogP contribution < -0.4 is 10.7 Å². The van der Waals surface area contributed by atoms with Gasteiger partial charge in [0.1, 0.15) is 5.52 Å². The molecule has 2 N–H and O–H groups in total. The zero-order valence-electron chi connectivity index (χ0n) is 12.3. The van der Waals surface area contributed by atoms with Gasteiger partial charge in [-0.15, -0.1) is 0 Å². The first-order valence-corrected chi connectivity index (χ1v) is 7.07. The number of carbonyl (C=O) groups excluding carboxylic acids is 1. The number of rotatable bonds is 3. The minimum atomic E-state index is -0.0443. The monoisotopic (exact) mass is 286 g/mol. The van der Waals surface area contributed by atoms with Crippen molar-refractivity contribution in [2.24, 2.45) is 11.0 Å². The van der Waals surface area contributed by atoms with Crippen molar-refractivity contribution < 1.29 is 9.21 Å². The minimum absolute atomic E-state index is 0.0443. The first-order chi connectivity index (χ1) is 10.0. The molecule has 0 fully saturated rings. The topological polar surface area (TPSA) is 79.5 Å². The number of aromatic nitrogens is 1. The van der Waals surface area contributed by atoms with Gasteiger partial charge in [0, 0.05) is 23.9 Å². The van der Waals surface area contributed by atoms with Crippen LogP contribution >= 0.6 is 0 Å². The molecule has 1 amide bonds. The minimum Gasteiger partial charge on any atom is -0.424 e. The third kappa shape index (κ3) is 2.74. The largest absolute Gasteiger partial charge is 0.424 e. The first-order valence-electron chi connectivity index (χ1n) is 7.07. The fourth-order valence-electron chi connectivity index (χ4n) is 2.40. The Balaban J connectivity index is 1.95. The predicted molar refractivity (Wildman–Crippen MR) is 81.2 cm³/mol. The van der Waals surface area contributed by atoms with Crippen LogP contribution in [0, 0.1) is 5.92 Å². The van der Waals surface area contributed by atoms with Gasteiger partial charge < -0.3 is 9.73 Å². The molecule has 3 rings (SSSR count). The summed E-state index contributed by atoms with van der Waals surface area (Å²) in [6.45, 7) is 6.05. The summed E-state index contributed by atoms with van der Waals surface area (Å²) < 4.78 is 5.63. The number of amides is 1. The molecule has 2 heterocycles. The normalized spacial score (nSPS) is 18.8. The average molecular weight is 286 g/mol. The second-order valence-corrected chi connectivity index (χ2v) is 5.64. The summed E-state index contributed by atoms with van der Waals surface area (Å²) in [6.07, 6.45) is 0.454. The van der Waals surface area contributed by atoms with Crippen LogP contribution in [0.1, 0.15) is 32.8 Å². The van der Waals surface area contributed by atoms with Crippen LogP contribution in [0.25, 0.3) is 11.1 Å². The van der Waals surface area contributed by atoms with E-state index in [1.807, 2.05) is 39.0 Å². The Kier molecular flexibility index (Phi) is 3.37. The highest BCUT2D eigenvalue weighted by molar-refractivity contribution is 6.07. The number of nitrogens with one attached hydrogen (secondary N) is 2. The Labute approximate surface area is 122 Å². The van der Waals surface area contributed by atoms with Crippen molar-refractivity contribution in [1.29, 1.82) is 0 Å². The molecule has 0 saturated carbocycles. The highest BCUT2D eigenvalue weighted by atomic mass is 16.4. The van der Waals surface area contributed by atoms with Gasteiger partial charge in [-0.25, -0.2) is 5.43 Å². The van der Waals surface area contributed by atoms with Crippen LogP contribution in [0.2, 0.25) is 0 Å². The number of oxazole rings is 1. The molecule has 21 heavy (non-hydrogen) atoms. The Morgan fingerprint density at radius 3 is 2.95 bits per heavy atom.